The summed E-state index contributed by atoms with van der Waals surface area (Å²) in [7, 11) is 1.85. The van der Waals surface area contributed by atoms with Gasteiger partial charge in [-0.3, -0.25) is 0 Å². The summed E-state index contributed by atoms with van der Waals surface area (Å²) in [6.45, 7) is 1.24. The number of anilines is 1. The van der Waals surface area contributed by atoms with Crippen LogP contribution in [0.25, 0.3) is 0 Å². The van der Waals surface area contributed by atoms with Gasteiger partial charge < -0.3 is 14.6 Å². The van der Waals surface area contributed by atoms with Gasteiger partial charge in [0.15, 0.2) is 0 Å². The van der Waals surface area contributed by atoms with Crippen molar-refractivity contribution < 1.29 is 17.9 Å². The van der Waals surface area contributed by atoms with E-state index in [0.717, 1.165) is 30.9 Å². The van der Waals surface area contributed by atoms with Crippen molar-refractivity contribution in [2.24, 2.45) is 13.0 Å². The molecule has 130 valence electrons. The molecule has 3 heterocycles. The Bertz CT molecular complexity index is 682. The Balaban J connectivity index is 1.88. The molecule has 1 atom stereocenters. The van der Waals surface area contributed by atoms with Gasteiger partial charge in [0, 0.05) is 38.9 Å². The molecule has 0 aromatic carbocycles. The van der Waals surface area contributed by atoms with Gasteiger partial charge >= 0.3 is 6.18 Å². The largest absolute Gasteiger partial charge is 0.433 e. The normalized spacial score (nSPS) is 17.7. The zero-order valence-electron chi connectivity index (χ0n) is 13.1. The molecule has 1 aliphatic heterocycles. The van der Waals surface area contributed by atoms with Crippen molar-refractivity contribution in [2.75, 3.05) is 18.5 Å². The fraction of sp³-hybridized carbons (Fsp3) is 0.533. The summed E-state index contributed by atoms with van der Waals surface area (Å²) in [5.41, 5.74) is -0.967. The molecular formula is C15H18F3N5O. The Kier molecular flexibility index (Phi) is 4.70. The van der Waals surface area contributed by atoms with Gasteiger partial charge in [0.25, 0.3) is 0 Å². The van der Waals surface area contributed by atoms with Gasteiger partial charge in [-0.25, -0.2) is 15.0 Å². The molecule has 1 N–H and O–H groups in total. The fourth-order valence-corrected chi connectivity index (χ4v) is 2.84. The molecule has 0 radical (unpaired) electrons. The Morgan fingerprint density at radius 2 is 2.00 bits per heavy atom. The minimum Gasteiger partial charge on any atom is -0.381 e. The lowest BCUT2D eigenvalue weighted by Crippen LogP contribution is -2.29. The lowest BCUT2D eigenvalue weighted by Gasteiger charge is -2.30. The van der Waals surface area contributed by atoms with E-state index >= 15 is 0 Å². The van der Waals surface area contributed by atoms with Gasteiger partial charge in [-0.1, -0.05) is 0 Å². The predicted molar refractivity (Wildman–Crippen MR) is 80.1 cm³/mol. The van der Waals surface area contributed by atoms with E-state index < -0.39 is 11.9 Å². The molecule has 6 nitrogen and oxygen atoms in total. The highest BCUT2D eigenvalue weighted by Crippen LogP contribution is 2.32. The highest BCUT2D eigenvalue weighted by molar-refractivity contribution is 5.30. The first kappa shape index (κ1) is 16.7. The highest BCUT2D eigenvalue weighted by atomic mass is 19.4. The molecule has 2 aromatic heterocycles. The molecule has 1 aliphatic rings. The van der Waals surface area contributed by atoms with Crippen molar-refractivity contribution in [3.8, 4) is 0 Å². The van der Waals surface area contributed by atoms with Crippen molar-refractivity contribution >= 4 is 5.95 Å². The van der Waals surface area contributed by atoms with Gasteiger partial charge in [-0.2, -0.15) is 13.2 Å². The number of imidazole rings is 1. The van der Waals surface area contributed by atoms with Crippen molar-refractivity contribution in [2.45, 2.75) is 25.1 Å². The zero-order valence-corrected chi connectivity index (χ0v) is 13.1. The standard InChI is InChI=1S/C15H18F3N5O/c1-23-7-6-19-13(23)12(10-3-8-24-9-4-10)22-14-20-5-2-11(21-14)15(16,17)18/h2,5-7,10,12H,3-4,8-9H2,1H3,(H,20,21,22)/t12-/m1/s1. The molecular weight excluding hydrogens is 323 g/mol. The summed E-state index contributed by atoms with van der Waals surface area (Å²) in [5, 5.41) is 3.04. The molecule has 0 spiro atoms. The Morgan fingerprint density at radius 1 is 1.25 bits per heavy atom. The molecule has 1 saturated heterocycles. The predicted octanol–water partition coefficient (Wildman–Crippen LogP) is 2.81. The summed E-state index contributed by atoms with van der Waals surface area (Å²) in [6.07, 6.45) is 1.66. The fourth-order valence-electron chi connectivity index (χ4n) is 2.84. The van der Waals surface area contributed by atoms with E-state index in [4.69, 9.17) is 4.74 Å². The third kappa shape index (κ3) is 3.66. The average molecular weight is 341 g/mol. The quantitative estimate of drug-likeness (QED) is 0.926. The second-order valence-corrected chi connectivity index (χ2v) is 5.73. The van der Waals surface area contributed by atoms with Crippen LogP contribution in [0.4, 0.5) is 19.1 Å². The molecule has 3 rings (SSSR count). The van der Waals surface area contributed by atoms with E-state index in [1.807, 2.05) is 11.6 Å². The molecule has 2 aromatic rings. The topological polar surface area (TPSA) is 64.9 Å². The Labute approximate surface area is 137 Å². The van der Waals surface area contributed by atoms with Crippen LogP contribution in [-0.2, 0) is 18.0 Å². The highest BCUT2D eigenvalue weighted by Gasteiger charge is 2.34. The summed E-state index contributed by atoms with van der Waals surface area (Å²) >= 11 is 0. The van der Waals surface area contributed by atoms with Crippen molar-refractivity contribution in [1.82, 2.24) is 19.5 Å². The van der Waals surface area contributed by atoms with Crippen LogP contribution in [-0.4, -0.2) is 32.7 Å². The number of halogens is 3. The number of nitrogens with one attached hydrogen (secondary N) is 1. The number of ether oxygens (including phenoxy) is 1. The van der Waals surface area contributed by atoms with Crippen LogP contribution in [0, 0.1) is 5.92 Å². The van der Waals surface area contributed by atoms with Crippen LogP contribution in [0.2, 0.25) is 0 Å². The first-order valence-corrected chi connectivity index (χ1v) is 7.67. The number of rotatable bonds is 4. The van der Waals surface area contributed by atoms with E-state index in [9.17, 15) is 13.2 Å². The number of hydrogen-bond acceptors (Lipinski definition) is 5. The first-order valence-electron chi connectivity index (χ1n) is 7.67. The van der Waals surface area contributed by atoms with Crippen LogP contribution in [0.3, 0.4) is 0 Å². The van der Waals surface area contributed by atoms with E-state index in [0.29, 0.717) is 13.2 Å². The number of hydrogen-bond donors (Lipinski definition) is 1. The smallest absolute Gasteiger partial charge is 0.381 e. The first-order chi connectivity index (χ1) is 11.4. The molecule has 0 bridgehead atoms. The van der Waals surface area contributed by atoms with Crippen molar-refractivity contribution in [3.63, 3.8) is 0 Å². The maximum atomic E-state index is 12.8. The van der Waals surface area contributed by atoms with Crippen LogP contribution in [0.5, 0.6) is 0 Å². The Hall–Kier alpha value is -2.16. The minimum absolute atomic E-state index is 0.0516. The number of alkyl halides is 3. The van der Waals surface area contributed by atoms with Crippen molar-refractivity contribution in [1.29, 1.82) is 0 Å². The zero-order chi connectivity index (χ0) is 17.2. The van der Waals surface area contributed by atoms with E-state index in [2.05, 4.69) is 20.3 Å². The SMILES string of the molecule is Cn1ccnc1[C@H](Nc1nccc(C(F)(F)F)n1)C1CCOCC1. The molecule has 24 heavy (non-hydrogen) atoms. The van der Waals surface area contributed by atoms with Crippen LogP contribution < -0.4 is 5.32 Å². The molecule has 0 aliphatic carbocycles. The third-order valence-corrected chi connectivity index (χ3v) is 4.10. The molecule has 9 heteroatoms. The van der Waals surface area contributed by atoms with Gasteiger partial charge in [-0.05, 0) is 24.8 Å². The van der Waals surface area contributed by atoms with Crippen LogP contribution in [0.15, 0.2) is 24.7 Å². The lowest BCUT2D eigenvalue weighted by molar-refractivity contribution is -0.141. The summed E-state index contributed by atoms with van der Waals surface area (Å²) in [6, 6.07) is 0.576. The van der Waals surface area contributed by atoms with E-state index in [-0.39, 0.29) is 17.9 Å². The second kappa shape index (κ2) is 6.76. The Morgan fingerprint density at radius 3 is 2.62 bits per heavy atom. The third-order valence-electron chi connectivity index (χ3n) is 4.10. The average Bonchev–Trinajstić information content (AvgIpc) is 2.99. The molecule has 0 unspecified atom stereocenters. The maximum absolute atomic E-state index is 12.8. The summed E-state index contributed by atoms with van der Waals surface area (Å²) < 4.78 is 45.8. The monoisotopic (exact) mass is 341 g/mol. The minimum atomic E-state index is -4.50. The summed E-state index contributed by atoms with van der Waals surface area (Å²) in [5.74, 6) is 0.866. The van der Waals surface area contributed by atoms with Crippen LogP contribution >= 0.6 is 0 Å². The lowest BCUT2D eigenvalue weighted by atomic mass is 9.91. The maximum Gasteiger partial charge on any atom is 0.433 e. The van der Waals surface area contributed by atoms with E-state index in [1.54, 1.807) is 12.4 Å². The summed E-state index contributed by atoms with van der Waals surface area (Å²) in [4.78, 5) is 11.9. The number of aryl methyl sites for hydroxylation is 1. The van der Waals surface area contributed by atoms with Gasteiger partial charge in [0.05, 0.1) is 6.04 Å². The number of nitrogens with zero attached hydrogens (tertiary/aromatic N) is 4. The van der Waals surface area contributed by atoms with Gasteiger partial charge in [0.2, 0.25) is 5.95 Å². The molecule has 1 fully saturated rings. The second-order valence-electron chi connectivity index (χ2n) is 5.73. The van der Waals surface area contributed by atoms with Crippen LogP contribution in [0.1, 0.15) is 30.4 Å². The van der Waals surface area contributed by atoms with E-state index in [1.165, 1.54) is 0 Å². The van der Waals surface area contributed by atoms with Gasteiger partial charge in [-0.15, -0.1) is 0 Å². The molecule has 0 saturated carbocycles. The number of aromatic nitrogens is 4. The molecule has 0 amide bonds. The van der Waals surface area contributed by atoms with Gasteiger partial charge in [0.1, 0.15) is 11.5 Å². The van der Waals surface area contributed by atoms with Crippen molar-refractivity contribution in [3.05, 3.63) is 36.2 Å².